The van der Waals surface area contributed by atoms with Gasteiger partial charge < -0.3 is 13.3 Å². The van der Waals surface area contributed by atoms with Crippen LogP contribution in [0.1, 0.15) is 188 Å². The van der Waals surface area contributed by atoms with Crippen molar-refractivity contribution in [2.75, 3.05) is 19.8 Å². The molecule has 0 amide bonds. The van der Waals surface area contributed by atoms with Crippen molar-refractivity contribution in [3.05, 3.63) is 0 Å². The lowest BCUT2D eigenvalue weighted by atomic mass is 10.0. The summed E-state index contributed by atoms with van der Waals surface area (Å²) in [4.78, 5) is 0. The lowest BCUT2D eigenvalue weighted by Gasteiger charge is -2.30. The van der Waals surface area contributed by atoms with Crippen molar-refractivity contribution in [3.8, 4) is 0 Å². The molecule has 224 valence electrons. The minimum absolute atomic E-state index is 0.806. The highest BCUT2D eigenvalue weighted by Gasteiger charge is 2.40. The molecule has 0 aliphatic heterocycles. The molecule has 0 radical (unpaired) electrons. The maximum Gasteiger partial charge on any atom is 0.500 e. The van der Waals surface area contributed by atoms with Crippen LogP contribution >= 0.6 is 0 Å². The lowest BCUT2D eigenvalue weighted by molar-refractivity contribution is 0.0548. The minimum Gasteiger partial charge on any atom is -0.373 e. The summed E-state index contributed by atoms with van der Waals surface area (Å²) in [6, 6.07) is 1.01. The average molecular weight is 543 g/mol. The quantitative estimate of drug-likeness (QED) is 0.0624. The van der Waals surface area contributed by atoms with Gasteiger partial charge in [-0.1, -0.05) is 163 Å². The molecule has 0 spiro atoms. The summed E-state index contributed by atoms with van der Waals surface area (Å²) >= 11 is 0. The second-order valence-electron chi connectivity index (χ2n) is 11.4. The maximum atomic E-state index is 6.51. The largest absolute Gasteiger partial charge is 0.500 e. The molecule has 0 atom stereocenters. The van der Waals surface area contributed by atoms with Crippen molar-refractivity contribution in [2.45, 2.75) is 194 Å². The molecular formula is C33H70O3Si. The average Bonchev–Trinajstić information content (AvgIpc) is 2.91. The number of hydrogen-bond donors (Lipinski definition) is 0. The summed E-state index contributed by atoms with van der Waals surface area (Å²) in [7, 11) is -2.55. The smallest absolute Gasteiger partial charge is 0.373 e. The Morgan fingerprint density at radius 2 is 0.541 bits per heavy atom. The van der Waals surface area contributed by atoms with Gasteiger partial charge in [0.25, 0.3) is 0 Å². The zero-order chi connectivity index (χ0) is 27.1. The van der Waals surface area contributed by atoms with E-state index < -0.39 is 8.80 Å². The normalized spacial score (nSPS) is 12.0. The highest BCUT2D eigenvalue weighted by molar-refractivity contribution is 6.60. The van der Waals surface area contributed by atoms with E-state index >= 15 is 0 Å². The maximum absolute atomic E-state index is 6.51. The topological polar surface area (TPSA) is 27.7 Å². The fourth-order valence-corrected chi connectivity index (χ4v) is 7.70. The van der Waals surface area contributed by atoms with Gasteiger partial charge in [0.2, 0.25) is 0 Å². The third-order valence-corrected chi connectivity index (χ3v) is 10.4. The molecule has 37 heavy (non-hydrogen) atoms. The van der Waals surface area contributed by atoms with Gasteiger partial charge in [0.05, 0.1) is 0 Å². The highest BCUT2D eigenvalue weighted by Crippen LogP contribution is 2.23. The molecule has 0 aromatic heterocycles. The van der Waals surface area contributed by atoms with Crippen LogP contribution in [-0.4, -0.2) is 28.6 Å². The second-order valence-corrected chi connectivity index (χ2v) is 14.1. The van der Waals surface area contributed by atoms with E-state index in [0.717, 1.165) is 45.1 Å². The molecule has 0 aliphatic rings. The van der Waals surface area contributed by atoms with E-state index in [4.69, 9.17) is 13.3 Å². The van der Waals surface area contributed by atoms with Crippen molar-refractivity contribution in [3.63, 3.8) is 0 Å². The van der Waals surface area contributed by atoms with E-state index in [1.54, 1.807) is 0 Å². The van der Waals surface area contributed by atoms with E-state index in [1.165, 1.54) is 141 Å². The molecule has 0 saturated carbocycles. The van der Waals surface area contributed by atoms with Crippen molar-refractivity contribution >= 4 is 8.80 Å². The van der Waals surface area contributed by atoms with E-state index in [9.17, 15) is 0 Å². The Hall–Kier alpha value is 0.0969. The molecule has 4 heteroatoms. The van der Waals surface area contributed by atoms with Gasteiger partial charge in [-0.05, 0) is 25.7 Å². The van der Waals surface area contributed by atoms with Crippen molar-refractivity contribution in [1.29, 1.82) is 0 Å². The minimum atomic E-state index is -2.55. The molecule has 0 fully saturated rings. The third-order valence-electron chi connectivity index (χ3n) is 7.55. The van der Waals surface area contributed by atoms with Crippen molar-refractivity contribution in [2.24, 2.45) is 0 Å². The first kappa shape index (κ1) is 37.1. The fourth-order valence-electron chi connectivity index (χ4n) is 4.97. The number of hydrogen-bond acceptors (Lipinski definition) is 3. The molecule has 0 rings (SSSR count). The summed E-state index contributed by atoms with van der Waals surface area (Å²) < 4.78 is 19.5. The van der Waals surface area contributed by atoms with Crippen LogP contribution in [0.4, 0.5) is 0 Å². The zero-order valence-corrected chi connectivity index (χ0v) is 27.2. The van der Waals surface area contributed by atoms with Crippen molar-refractivity contribution in [1.82, 2.24) is 0 Å². The Bertz CT molecular complexity index is 387. The van der Waals surface area contributed by atoms with Crippen LogP contribution in [0.25, 0.3) is 0 Å². The van der Waals surface area contributed by atoms with Gasteiger partial charge >= 0.3 is 8.80 Å². The van der Waals surface area contributed by atoms with Crippen LogP contribution in [0, 0.1) is 0 Å². The second kappa shape index (κ2) is 30.6. The predicted octanol–water partition coefficient (Wildman–Crippen LogP) is 11.8. The van der Waals surface area contributed by atoms with Gasteiger partial charge in [-0.15, -0.1) is 0 Å². The first-order valence-electron chi connectivity index (χ1n) is 17.2. The zero-order valence-electron chi connectivity index (χ0n) is 26.2. The van der Waals surface area contributed by atoms with Crippen LogP contribution in [0.15, 0.2) is 0 Å². The standard InChI is InChI=1S/C33H70O3Si/c1-5-9-13-14-15-16-17-18-19-20-21-22-23-24-25-29-33-37(34-30-26-10-6-2,35-31-27-11-7-3)36-32-28-12-8-4/h5-33H2,1-4H3. The Morgan fingerprint density at radius 3 is 0.838 bits per heavy atom. The van der Waals surface area contributed by atoms with Crippen LogP contribution in [-0.2, 0) is 13.3 Å². The van der Waals surface area contributed by atoms with Gasteiger partial charge in [0.1, 0.15) is 0 Å². The summed E-state index contributed by atoms with van der Waals surface area (Å²) in [5, 5.41) is 0. The van der Waals surface area contributed by atoms with Gasteiger partial charge in [-0.2, -0.15) is 0 Å². The molecule has 0 N–H and O–H groups in total. The molecule has 0 aliphatic carbocycles. The Morgan fingerprint density at radius 1 is 0.297 bits per heavy atom. The van der Waals surface area contributed by atoms with Crippen LogP contribution < -0.4 is 0 Å². The number of rotatable bonds is 32. The van der Waals surface area contributed by atoms with E-state index in [1.807, 2.05) is 0 Å². The Kier molecular flexibility index (Phi) is 30.7. The molecule has 0 bridgehead atoms. The monoisotopic (exact) mass is 543 g/mol. The van der Waals surface area contributed by atoms with E-state index in [-0.39, 0.29) is 0 Å². The number of unbranched alkanes of at least 4 members (excludes halogenated alkanes) is 21. The summed E-state index contributed by atoms with van der Waals surface area (Å²) in [6.07, 6.45) is 33.2. The first-order valence-corrected chi connectivity index (χ1v) is 19.1. The third kappa shape index (κ3) is 26.1. The molecular weight excluding hydrogens is 472 g/mol. The van der Waals surface area contributed by atoms with Crippen LogP contribution in [0.2, 0.25) is 6.04 Å². The molecule has 0 heterocycles. The van der Waals surface area contributed by atoms with Gasteiger partial charge in [0, 0.05) is 25.9 Å². The predicted molar refractivity (Wildman–Crippen MR) is 167 cm³/mol. The molecule has 0 unspecified atom stereocenters. The highest BCUT2D eigenvalue weighted by atomic mass is 28.4. The summed E-state index contributed by atoms with van der Waals surface area (Å²) in [6.45, 7) is 11.5. The summed E-state index contributed by atoms with van der Waals surface area (Å²) in [5.41, 5.74) is 0. The fraction of sp³-hybridized carbons (Fsp3) is 1.00. The van der Waals surface area contributed by atoms with Gasteiger partial charge in [-0.3, -0.25) is 0 Å². The van der Waals surface area contributed by atoms with Crippen LogP contribution in [0.3, 0.4) is 0 Å². The van der Waals surface area contributed by atoms with E-state index in [0.29, 0.717) is 0 Å². The summed E-state index contributed by atoms with van der Waals surface area (Å²) in [5.74, 6) is 0. The Balaban J connectivity index is 4.13. The molecule has 0 aromatic carbocycles. The van der Waals surface area contributed by atoms with Gasteiger partial charge in [0.15, 0.2) is 0 Å². The SMILES string of the molecule is CCCCCCCCCCCCCCCCCC[Si](OCCCCC)(OCCCCC)OCCCCC. The van der Waals surface area contributed by atoms with E-state index in [2.05, 4.69) is 27.7 Å². The molecule has 0 aromatic rings. The molecule has 3 nitrogen and oxygen atoms in total. The van der Waals surface area contributed by atoms with Gasteiger partial charge in [-0.25, -0.2) is 0 Å². The van der Waals surface area contributed by atoms with Crippen LogP contribution in [0.5, 0.6) is 0 Å². The lowest BCUT2D eigenvalue weighted by Crippen LogP contribution is -2.46. The van der Waals surface area contributed by atoms with Crippen molar-refractivity contribution < 1.29 is 13.3 Å². The first-order chi connectivity index (χ1) is 18.2. The molecule has 0 saturated heterocycles. The Labute approximate surface area is 236 Å².